The van der Waals surface area contributed by atoms with Crippen molar-refractivity contribution in [1.82, 2.24) is 10.3 Å². The number of pyridine rings is 1. The van der Waals surface area contributed by atoms with Crippen LogP contribution in [0, 0.1) is 11.3 Å². The summed E-state index contributed by atoms with van der Waals surface area (Å²) in [5, 5.41) is 11.0. The number of carbonyl (C=O) groups is 2. The van der Waals surface area contributed by atoms with Gasteiger partial charge in [-0.05, 0) is 19.1 Å². The van der Waals surface area contributed by atoms with Gasteiger partial charge in [0.2, 0.25) is 6.04 Å². The number of nitrogens with one attached hydrogen (secondary N) is 1. The summed E-state index contributed by atoms with van der Waals surface area (Å²) in [6.45, 7) is 1.78. The van der Waals surface area contributed by atoms with Gasteiger partial charge in [0.05, 0.1) is 12.7 Å². The van der Waals surface area contributed by atoms with Crippen LogP contribution in [0.5, 0.6) is 0 Å². The summed E-state index contributed by atoms with van der Waals surface area (Å²) in [5.74, 6) is -1.29. The number of esters is 1. The van der Waals surface area contributed by atoms with Crippen LogP contribution in [0.3, 0.4) is 0 Å². The van der Waals surface area contributed by atoms with Crippen LogP contribution >= 0.6 is 0 Å². The lowest BCUT2D eigenvalue weighted by molar-refractivity contribution is -0.143. The van der Waals surface area contributed by atoms with E-state index >= 15 is 0 Å². The predicted octanol–water partition coefficient (Wildman–Crippen LogP) is 0.267. The van der Waals surface area contributed by atoms with Gasteiger partial charge in [-0.2, -0.15) is 5.26 Å². The number of aromatic nitrogens is 1. The Bertz CT molecular complexity index is 439. The summed E-state index contributed by atoms with van der Waals surface area (Å²) in [4.78, 5) is 26.6. The van der Waals surface area contributed by atoms with E-state index in [1.165, 1.54) is 24.5 Å². The summed E-state index contributed by atoms with van der Waals surface area (Å²) >= 11 is 0. The molecule has 0 unspecified atom stereocenters. The van der Waals surface area contributed by atoms with Gasteiger partial charge >= 0.3 is 5.97 Å². The number of rotatable bonds is 4. The fraction of sp³-hybridized carbons (Fsp3) is 0.273. The maximum atomic E-state index is 11.6. The highest BCUT2D eigenvalue weighted by Gasteiger charge is 2.21. The van der Waals surface area contributed by atoms with Crippen LogP contribution in [-0.4, -0.2) is 29.5 Å². The fourth-order valence-corrected chi connectivity index (χ4v) is 1.09. The molecule has 1 heterocycles. The van der Waals surface area contributed by atoms with Gasteiger partial charge in [0.25, 0.3) is 5.91 Å². The molecular weight excluding hydrogens is 222 g/mol. The van der Waals surface area contributed by atoms with Crippen LogP contribution in [0.2, 0.25) is 0 Å². The predicted molar refractivity (Wildman–Crippen MR) is 57.7 cm³/mol. The second-order valence-electron chi connectivity index (χ2n) is 3.02. The van der Waals surface area contributed by atoms with Crippen molar-refractivity contribution in [3.8, 4) is 6.07 Å². The van der Waals surface area contributed by atoms with Crippen molar-refractivity contribution >= 4 is 11.9 Å². The first-order chi connectivity index (χ1) is 8.19. The number of nitrogens with zero attached hydrogens (tertiary/aromatic N) is 2. The van der Waals surface area contributed by atoms with E-state index in [1.807, 2.05) is 0 Å². The summed E-state index contributed by atoms with van der Waals surface area (Å²) in [6, 6.07) is 3.33. The van der Waals surface area contributed by atoms with Crippen LogP contribution in [0.1, 0.15) is 17.3 Å². The molecule has 0 saturated carbocycles. The molecular formula is C11H11N3O3. The first kappa shape index (κ1) is 12.6. The van der Waals surface area contributed by atoms with E-state index in [1.54, 1.807) is 13.0 Å². The van der Waals surface area contributed by atoms with Crippen LogP contribution in [0.15, 0.2) is 24.5 Å². The first-order valence-electron chi connectivity index (χ1n) is 4.96. The third-order valence-corrected chi connectivity index (χ3v) is 1.87. The van der Waals surface area contributed by atoms with Crippen molar-refractivity contribution in [2.75, 3.05) is 6.61 Å². The highest BCUT2D eigenvalue weighted by atomic mass is 16.5. The Labute approximate surface area is 98.2 Å². The van der Waals surface area contributed by atoms with Gasteiger partial charge in [-0.1, -0.05) is 0 Å². The van der Waals surface area contributed by atoms with E-state index < -0.39 is 17.9 Å². The van der Waals surface area contributed by atoms with Crippen molar-refractivity contribution in [3.63, 3.8) is 0 Å². The molecule has 1 N–H and O–H groups in total. The average Bonchev–Trinajstić information content (AvgIpc) is 2.37. The van der Waals surface area contributed by atoms with Crippen molar-refractivity contribution in [2.24, 2.45) is 0 Å². The Balaban J connectivity index is 2.67. The van der Waals surface area contributed by atoms with E-state index in [4.69, 9.17) is 5.26 Å². The van der Waals surface area contributed by atoms with Crippen LogP contribution < -0.4 is 5.32 Å². The van der Waals surface area contributed by atoms with Crippen LogP contribution in [0.4, 0.5) is 0 Å². The van der Waals surface area contributed by atoms with Gasteiger partial charge in [0.15, 0.2) is 0 Å². The standard InChI is InChI=1S/C11H11N3O3/c1-2-17-11(16)9(7-12)14-10(15)8-3-5-13-6-4-8/h3-6,9H,2H2,1H3,(H,14,15)/t9-/m1/s1. The Hall–Kier alpha value is -2.42. The molecule has 0 aliphatic carbocycles. The van der Waals surface area contributed by atoms with E-state index in [-0.39, 0.29) is 6.61 Å². The third kappa shape index (κ3) is 3.57. The van der Waals surface area contributed by atoms with Crippen LogP contribution in [0.25, 0.3) is 0 Å². The zero-order chi connectivity index (χ0) is 12.7. The number of carbonyl (C=O) groups excluding carboxylic acids is 2. The molecule has 0 bridgehead atoms. The normalized spacial score (nSPS) is 11.1. The lowest BCUT2D eigenvalue weighted by Gasteiger charge is -2.10. The topological polar surface area (TPSA) is 92.1 Å². The molecule has 0 aliphatic rings. The zero-order valence-electron chi connectivity index (χ0n) is 9.21. The zero-order valence-corrected chi connectivity index (χ0v) is 9.21. The molecule has 0 aromatic carbocycles. The van der Waals surface area contributed by atoms with Crippen molar-refractivity contribution in [1.29, 1.82) is 5.26 Å². The van der Waals surface area contributed by atoms with Crippen molar-refractivity contribution in [2.45, 2.75) is 13.0 Å². The molecule has 1 amide bonds. The quantitative estimate of drug-likeness (QED) is 0.753. The minimum Gasteiger partial charge on any atom is -0.464 e. The Morgan fingerprint density at radius 1 is 1.53 bits per heavy atom. The van der Waals surface area contributed by atoms with Crippen molar-refractivity contribution < 1.29 is 14.3 Å². The second kappa shape index (κ2) is 6.23. The SMILES string of the molecule is CCOC(=O)[C@@H](C#N)NC(=O)c1ccncc1. The molecule has 6 nitrogen and oxygen atoms in total. The lowest BCUT2D eigenvalue weighted by atomic mass is 10.2. The molecule has 1 atom stereocenters. The number of ether oxygens (including phenoxy) is 1. The van der Waals surface area contributed by atoms with Gasteiger partial charge in [-0.25, -0.2) is 4.79 Å². The fourth-order valence-electron chi connectivity index (χ4n) is 1.09. The molecule has 0 fully saturated rings. The highest BCUT2D eigenvalue weighted by Crippen LogP contribution is 1.97. The van der Waals surface area contributed by atoms with Crippen LogP contribution in [-0.2, 0) is 9.53 Å². The first-order valence-corrected chi connectivity index (χ1v) is 4.96. The Morgan fingerprint density at radius 2 is 2.18 bits per heavy atom. The second-order valence-corrected chi connectivity index (χ2v) is 3.02. The molecule has 0 radical (unpaired) electrons. The molecule has 1 aromatic rings. The molecule has 0 aliphatic heterocycles. The number of nitriles is 1. The number of hydrogen-bond donors (Lipinski definition) is 1. The number of amides is 1. The molecule has 0 spiro atoms. The molecule has 6 heteroatoms. The molecule has 88 valence electrons. The highest BCUT2D eigenvalue weighted by molar-refractivity contribution is 5.97. The van der Waals surface area contributed by atoms with Gasteiger partial charge in [-0.15, -0.1) is 0 Å². The largest absolute Gasteiger partial charge is 0.464 e. The Morgan fingerprint density at radius 3 is 2.71 bits per heavy atom. The average molecular weight is 233 g/mol. The number of hydrogen-bond acceptors (Lipinski definition) is 5. The summed E-state index contributed by atoms with van der Waals surface area (Å²) in [5.41, 5.74) is 0.324. The van der Waals surface area contributed by atoms with Gasteiger partial charge < -0.3 is 10.1 Å². The molecule has 0 saturated heterocycles. The third-order valence-electron chi connectivity index (χ3n) is 1.87. The smallest absolute Gasteiger partial charge is 0.343 e. The van der Waals surface area contributed by atoms with Gasteiger partial charge in [-0.3, -0.25) is 9.78 Å². The Kier molecular flexibility index (Phi) is 4.63. The minimum atomic E-state index is -1.30. The van der Waals surface area contributed by atoms with E-state index in [0.29, 0.717) is 5.56 Å². The van der Waals surface area contributed by atoms with Gasteiger partial charge in [0, 0.05) is 18.0 Å². The lowest BCUT2D eigenvalue weighted by Crippen LogP contribution is -2.40. The molecule has 1 aromatic heterocycles. The minimum absolute atomic E-state index is 0.155. The summed E-state index contributed by atoms with van der Waals surface area (Å²) in [6.07, 6.45) is 2.89. The van der Waals surface area contributed by atoms with E-state index in [9.17, 15) is 9.59 Å². The molecule has 1 rings (SSSR count). The summed E-state index contributed by atoms with van der Waals surface area (Å²) < 4.78 is 4.64. The summed E-state index contributed by atoms with van der Waals surface area (Å²) in [7, 11) is 0. The van der Waals surface area contributed by atoms with E-state index in [2.05, 4.69) is 15.0 Å². The van der Waals surface area contributed by atoms with Gasteiger partial charge in [0.1, 0.15) is 0 Å². The maximum absolute atomic E-state index is 11.6. The monoisotopic (exact) mass is 233 g/mol. The molecule has 17 heavy (non-hydrogen) atoms. The van der Waals surface area contributed by atoms with Crippen molar-refractivity contribution in [3.05, 3.63) is 30.1 Å². The maximum Gasteiger partial charge on any atom is 0.343 e. The van der Waals surface area contributed by atoms with E-state index in [0.717, 1.165) is 0 Å².